The predicted molar refractivity (Wildman–Crippen MR) is 128 cm³/mol. The zero-order valence-electron chi connectivity index (χ0n) is 17.9. The number of benzene rings is 2. The van der Waals surface area contributed by atoms with Gasteiger partial charge in [0.1, 0.15) is 0 Å². The fourth-order valence-corrected chi connectivity index (χ4v) is 5.14. The summed E-state index contributed by atoms with van der Waals surface area (Å²) in [5.74, 6) is 1.21. The lowest BCUT2D eigenvalue weighted by molar-refractivity contribution is 0.0984. The van der Waals surface area contributed by atoms with E-state index in [1.54, 1.807) is 4.52 Å². The van der Waals surface area contributed by atoms with E-state index < -0.39 is 0 Å². The molecular weight excluding hydrogens is 442 g/mol. The zero-order valence-corrected chi connectivity index (χ0v) is 19.5. The average Bonchev–Trinajstić information content (AvgIpc) is 3.20. The van der Waals surface area contributed by atoms with Gasteiger partial charge < -0.3 is 4.90 Å². The van der Waals surface area contributed by atoms with Gasteiger partial charge in [0.2, 0.25) is 5.16 Å². The lowest BCUT2D eigenvalue weighted by Crippen LogP contribution is -2.36. The highest BCUT2D eigenvalue weighted by Gasteiger charge is 2.25. The Kier molecular flexibility index (Phi) is 5.61. The number of rotatable bonds is 4. The number of carbonyl (C=O) groups excluding carboxylic acids is 1. The van der Waals surface area contributed by atoms with Gasteiger partial charge in [0.25, 0.3) is 11.7 Å². The molecule has 0 unspecified atom stereocenters. The van der Waals surface area contributed by atoms with E-state index in [0.717, 1.165) is 41.0 Å². The van der Waals surface area contributed by atoms with Crippen LogP contribution in [0.15, 0.2) is 53.7 Å². The van der Waals surface area contributed by atoms with Crippen LogP contribution in [0.4, 0.5) is 5.69 Å². The van der Waals surface area contributed by atoms with E-state index >= 15 is 0 Å². The number of aromatic nitrogens is 4. The Labute approximate surface area is 195 Å². The van der Waals surface area contributed by atoms with Gasteiger partial charge in [-0.1, -0.05) is 41.6 Å². The number of halogens is 1. The molecule has 0 fully saturated rings. The quantitative estimate of drug-likeness (QED) is 0.385. The van der Waals surface area contributed by atoms with Crippen LogP contribution in [0, 0.1) is 13.8 Å². The Hall–Kier alpha value is -2.90. The molecule has 2 aromatic heterocycles. The van der Waals surface area contributed by atoms with E-state index in [2.05, 4.69) is 15.1 Å². The number of nitrogens with zero attached hydrogens (tertiary/aromatic N) is 5. The molecule has 0 saturated heterocycles. The fourth-order valence-electron chi connectivity index (χ4n) is 4.13. The molecule has 8 heteroatoms. The van der Waals surface area contributed by atoms with Crippen molar-refractivity contribution in [1.82, 2.24) is 19.6 Å². The second-order valence-electron chi connectivity index (χ2n) is 7.92. The molecule has 0 aliphatic carbocycles. The minimum absolute atomic E-state index is 0.0144. The van der Waals surface area contributed by atoms with E-state index in [-0.39, 0.29) is 5.91 Å². The maximum atomic E-state index is 13.5. The van der Waals surface area contributed by atoms with E-state index in [9.17, 15) is 4.79 Å². The first-order valence-electron chi connectivity index (χ1n) is 10.5. The van der Waals surface area contributed by atoms with Gasteiger partial charge in [0.15, 0.2) is 0 Å². The summed E-state index contributed by atoms with van der Waals surface area (Å²) in [6, 6.07) is 15.5. The third-order valence-corrected chi connectivity index (χ3v) is 6.73. The number of fused-ring (bicyclic) bond motifs is 2. The Bertz CT molecular complexity index is 1340. The monoisotopic (exact) mass is 463 g/mol. The Morgan fingerprint density at radius 3 is 2.84 bits per heavy atom. The van der Waals surface area contributed by atoms with Crippen molar-refractivity contribution < 1.29 is 4.79 Å². The minimum Gasteiger partial charge on any atom is -0.308 e. The zero-order chi connectivity index (χ0) is 22.2. The maximum absolute atomic E-state index is 13.5. The van der Waals surface area contributed by atoms with Crippen molar-refractivity contribution in [2.45, 2.75) is 37.6 Å². The molecule has 0 atom stereocenters. The molecule has 0 spiro atoms. The SMILES string of the molecule is Cc1cc(C)n2nc(SCc3ccccc3C(=O)N3CCCc4cc(Cl)ccc43)nc2n1. The highest BCUT2D eigenvalue weighted by Crippen LogP contribution is 2.32. The lowest BCUT2D eigenvalue weighted by atomic mass is 10.00. The third kappa shape index (κ3) is 3.98. The second kappa shape index (κ2) is 8.56. The molecule has 1 amide bonds. The van der Waals surface area contributed by atoms with Gasteiger partial charge in [-0.05, 0) is 68.1 Å². The number of thioether (sulfide) groups is 1. The van der Waals surface area contributed by atoms with Gasteiger partial charge in [-0.15, -0.1) is 5.10 Å². The lowest BCUT2D eigenvalue weighted by Gasteiger charge is -2.30. The molecule has 6 nitrogen and oxygen atoms in total. The minimum atomic E-state index is 0.0144. The van der Waals surface area contributed by atoms with Crippen molar-refractivity contribution >= 4 is 40.7 Å². The molecule has 1 aliphatic heterocycles. The van der Waals surface area contributed by atoms with E-state index in [1.807, 2.05) is 67.3 Å². The average molecular weight is 464 g/mol. The molecule has 4 aromatic rings. The smallest absolute Gasteiger partial charge is 0.258 e. The Morgan fingerprint density at radius 1 is 1.12 bits per heavy atom. The molecule has 0 radical (unpaired) electrons. The van der Waals surface area contributed by atoms with Crippen molar-refractivity contribution in [3.05, 3.63) is 81.6 Å². The summed E-state index contributed by atoms with van der Waals surface area (Å²) in [6.45, 7) is 4.64. The summed E-state index contributed by atoms with van der Waals surface area (Å²) in [5.41, 5.74) is 5.65. The number of amides is 1. The molecule has 0 N–H and O–H groups in total. The molecule has 5 rings (SSSR count). The van der Waals surface area contributed by atoms with Gasteiger partial charge in [-0.3, -0.25) is 4.79 Å². The third-order valence-electron chi connectivity index (χ3n) is 5.61. The van der Waals surface area contributed by atoms with Crippen LogP contribution in [0.3, 0.4) is 0 Å². The molecule has 32 heavy (non-hydrogen) atoms. The summed E-state index contributed by atoms with van der Waals surface area (Å²) < 4.78 is 1.75. The van der Waals surface area contributed by atoms with Crippen LogP contribution < -0.4 is 4.90 Å². The van der Waals surface area contributed by atoms with Crippen LogP contribution in [0.1, 0.15) is 39.3 Å². The fraction of sp³-hybridized carbons (Fsp3) is 0.250. The number of aryl methyl sites for hydroxylation is 3. The van der Waals surface area contributed by atoms with Crippen molar-refractivity contribution in [2.75, 3.05) is 11.4 Å². The standard InChI is InChI=1S/C24H22ClN5OS/c1-15-12-16(2)30-23(26-15)27-24(28-30)32-14-18-6-3-4-8-20(18)22(31)29-11-5-7-17-13-19(25)9-10-21(17)29/h3-4,6,8-10,12-13H,5,7,11,14H2,1-2H3. The van der Waals surface area contributed by atoms with Crippen LogP contribution in [-0.2, 0) is 12.2 Å². The van der Waals surface area contributed by atoms with Gasteiger partial charge >= 0.3 is 0 Å². The highest BCUT2D eigenvalue weighted by molar-refractivity contribution is 7.98. The van der Waals surface area contributed by atoms with Gasteiger partial charge in [-0.25, -0.2) is 9.50 Å². The normalized spacial score (nSPS) is 13.4. The number of hydrogen-bond donors (Lipinski definition) is 0. The van der Waals surface area contributed by atoms with Crippen LogP contribution in [0.5, 0.6) is 0 Å². The number of carbonyl (C=O) groups is 1. The first-order chi connectivity index (χ1) is 15.5. The molecule has 162 valence electrons. The van der Waals surface area contributed by atoms with Crippen LogP contribution in [0.2, 0.25) is 5.02 Å². The predicted octanol–water partition coefficient (Wildman–Crippen LogP) is 5.28. The molecule has 0 saturated carbocycles. The van der Waals surface area contributed by atoms with E-state index in [4.69, 9.17) is 11.6 Å². The van der Waals surface area contributed by atoms with Crippen molar-refractivity contribution in [3.8, 4) is 0 Å². The van der Waals surface area contributed by atoms with Crippen molar-refractivity contribution in [2.24, 2.45) is 0 Å². The summed E-state index contributed by atoms with van der Waals surface area (Å²) in [4.78, 5) is 24.4. The summed E-state index contributed by atoms with van der Waals surface area (Å²) in [5, 5.41) is 5.92. The summed E-state index contributed by atoms with van der Waals surface area (Å²) >= 11 is 7.68. The van der Waals surface area contributed by atoms with Crippen LogP contribution in [0.25, 0.3) is 5.78 Å². The first kappa shape index (κ1) is 21.0. The molecule has 0 bridgehead atoms. The molecule has 1 aliphatic rings. The first-order valence-corrected chi connectivity index (χ1v) is 11.9. The molecule has 3 heterocycles. The van der Waals surface area contributed by atoms with Crippen LogP contribution >= 0.6 is 23.4 Å². The second-order valence-corrected chi connectivity index (χ2v) is 9.30. The topological polar surface area (TPSA) is 63.4 Å². The van der Waals surface area contributed by atoms with Crippen LogP contribution in [-0.4, -0.2) is 32.0 Å². The van der Waals surface area contributed by atoms with Gasteiger partial charge in [0, 0.05) is 40.0 Å². The number of hydrogen-bond acceptors (Lipinski definition) is 5. The summed E-state index contributed by atoms with van der Waals surface area (Å²) in [7, 11) is 0. The Morgan fingerprint density at radius 2 is 1.97 bits per heavy atom. The Balaban J connectivity index is 1.40. The number of anilines is 1. The molecular formula is C24H22ClN5OS. The van der Waals surface area contributed by atoms with Crippen molar-refractivity contribution in [3.63, 3.8) is 0 Å². The largest absolute Gasteiger partial charge is 0.308 e. The van der Waals surface area contributed by atoms with Gasteiger partial charge in [0.05, 0.1) is 0 Å². The van der Waals surface area contributed by atoms with E-state index in [1.165, 1.54) is 11.8 Å². The van der Waals surface area contributed by atoms with Gasteiger partial charge in [-0.2, -0.15) is 4.98 Å². The van der Waals surface area contributed by atoms with Crippen molar-refractivity contribution in [1.29, 1.82) is 0 Å². The highest BCUT2D eigenvalue weighted by atomic mass is 35.5. The molecule has 2 aromatic carbocycles. The summed E-state index contributed by atoms with van der Waals surface area (Å²) in [6.07, 6.45) is 1.86. The van der Waals surface area contributed by atoms with E-state index in [0.29, 0.717) is 33.8 Å². The maximum Gasteiger partial charge on any atom is 0.258 e.